The van der Waals surface area contributed by atoms with Crippen LogP contribution in [0.3, 0.4) is 0 Å². The molecule has 3 N–H and O–H groups in total. The molecule has 0 aliphatic rings. The molecule has 0 fully saturated rings. The van der Waals surface area contributed by atoms with Crippen molar-refractivity contribution < 1.29 is 4.79 Å². The molecule has 4 heteroatoms. The Morgan fingerprint density at radius 3 is 2.87 bits per heavy atom. The van der Waals surface area contributed by atoms with Gasteiger partial charge in [0.2, 0.25) is 0 Å². The van der Waals surface area contributed by atoms with E-state index in [1.807, 2.05) is 25.1 Å². The smallest absolute Gasteiger partial charge is 0.265 e. The Bertz CT molecular complexity index is 522. The normalized spacial score (nSPS) is 10.3. The lowest BCUT2D eigenvalue weighted by molar-refractivity contribution is 0.0954. The minimum absolute atomic E-state index is 0.294. The Morgan fingerprint density at radius 1 is 1.33 bits per heavy atom. The van der Waals surface area contributed by atoms with Crippen LogP contribution in [-0.4, -0.2) is 10.9 Å². The average molecular weight is 201 g/mol. The summed E-state index contributed by atoms with van der Waals surface area (Å²) in [5, 5.41) is 0.932. The van der Waals surface area contributed by atoms with Crippen LogP contribution in [0.25, 0.3) is 10.9 Å². The molecular formula is C11H11N3O. The van der Waals surface area contributed by atoms with E-state index < -0.39 is 0 Å². The third-order valence-corrected chi connectivity index (χ3v) is 2.22. The van der Waals surface area contributed by atoms with Crippen LogP contribution in [0.1, 0.15) is 16.1 Å². The van der Waals surface area contributed by atoms with E-state index in [2.05, 4.69) is 10.4 Å². The van der Waals surface area contributed by atoms with Crippen molar-refractivity contribution in [1.82, 2.24) is 10.4 Å². The maximum atomic E-state index is 11.3. The molecule has 0 spiro atoms. The van der Waals surface area contributed by atoms with E-state index in [0.717, 1.165) is 16.6 Å². The molecule has 76 valence electrons. The third kappa shape index (κ3) is 1.80. The zero-order chi connectivity index (χ0) is 10.8. The Morgan fingerprint density at radius 2 is 2.13 bits per heavy atom. The van der Waals surface area contributed by atoms with Gasteiger partial charge in [0.25, 0.3) is 5.91 Å². The minimum atomic E-state index is -0.294. The predicted molar refractivity (Wildman–Crippen MR) is 58.1 cm³/mol. The fourth-order valence-electron chi connectivity index (χ4n) is 1.45. The summed E-state index contributed by atoms with van der Waals surface area (Å²) in [4.78, 5) is 15.6. The summed E-state index contributed by atoms with van der Waals surface area (Å²) in [5.41, 5.74) is 4.47. The second-order valence-corrected chi connectivity index (χ2v) is 3.33. The van der Waals surface area contributed by atoms with Gasteiger partial charge < -0.3 is 0 Å². The summed E-state index contributed by atoms with van der Waals surface area (Å²) in [7, 11) is 0. The van der Waals surface area contributed by atoms with Gasteiger partial charge in [-0.15, -0.1) is 0 Å². The van der Waals surface area contributed by atoms with Crippen LogP contribution < -0.4 is 11.3 Å². The maximum absolute atomic E-state index is 11.3. The summed E-state index contributed by atoms with van der Waals surface area (Å²) in [5.74, 6) is 4.76. The van der Waals surface area contributed by atoms with Crippen LogP contribution in [0, 0.1) is 6.92 Å². The number of aryl methyl sites for hydroxylation is 1. The SMILES string of the molecule is Cc1ccc2cc(C(=O)NN)ccc2n1. The van der Waals surface area contributed by atoms with Crippen molar-refractivity contribution in [3.05, 3.63) is 41.6 Å². The summed E-state index contributed by atoms with van der Waals surface area (Å²) >= 11 is 0. The van der Waals surface area contributed by atoms with Crippen molar-refractivity contribution in [2.45, 2.75) is 6.92 Å². The lowest BCUT2D eigenvalue weighted by Gasteiger charge is -2.02. The van der Waals surface area contributed by atoms with E-state index in [4.69, 9.17) is 5.84 Å². The summed E-state index contributed by atoms with van der Waals surface area (Å²) in [6, 6.07) is 9.13. The zero-order valence-electron chi connectivity index (χ0n) is 8.32. The molecule has 1 heterocycles. The van der Waals surface area contributed by atoms with Gasteiger partial charge in [0.15, 0.2) is 0 Å². The molecule has 0 bridgehead atoms. The second kappa shape index (κ2) is 3.67. The van der Waals surface area contributed by atoms with Crippen molar-refractivity contribution in [2.24, 2.45) is 5.84 Å². The van der Waals surface area contributed by atoms with Crippen LogP contribution in [-0.2, 0) is 0 Å². The maximum Gasteiger partial charge on any atom is 0.265 e. The van der Waals surface area contributed by atoms with Gasteiger partial charge in [0.05, 0.1) is 5.52 Å². The van der Waals surface area contributed by atoms with Gasteiger partial charge in [-0.25, -0.2) is 5.84 Å². The molecule has 15 heavy (non-hydrogen) atoms. The number of amides is 1. The quantitative estimate of drug-likeness (QED) is 0.413. The highest BCUT2D eigenvalue weighted by molar-refractivity contribution is 5.97. The van der Waals surface area contributed by atoms with Crippen molar-refractivity contribution in [1.29, 1.82) is 0 Å². The van der Waals surface area contributed by atoms with Crippen LogP contribution >= 0.6 is 0 Å². The molecule has 4 nitrogen and oxygen atoms in total. The number of carbonyl (C=O) groups excluding carboxylic acids is 1. The molecule has 0 aliphatic carbocycles. The molecule has 0 unspecified atom stereocenters. The number of nitrogen functional groups attached to an aromatic ring is 1. The van der Waals surface area contributed by atoms with Crippen molar-refractivity contribution in [2.75, 3.05) is 0 Å². The number of carbonyl (C=O) groups is 1. The van der Waals surface area contributed by atoms with Gasteiger partial charge in [-0.3, -0.25) is 15.2 Å². The summed E-state index contributed by atoms with van der Waals surface area (Å²) in [6.45, 7) is 1.93. The molecule has 0 saturated carbocycles. The van der Waals surface area contributed by atoms with Gasteiger partial charge >= 0.3 is 0 Å². The lowest BCUT2D eigenvalue weighted by atomic mass is 10.1. The number of nitrogens with two attached hydrogens (primary N) is 1. The first-order valence-electron chi connectivity index (χ1n) is 4.59. The molecule has 2 rings (SSSR count). The fraction of sp³-hybridized carbons (Fsp3) is 0.0909. The monoisotopic (exact) mass is 201 g/mol. The number of fused-ring (bicyclic) bond motifs is 1. The highest BCUT2D eigenvalue weighted by atomic mass is 16.2. The highest BCUT2D eigenvalue weighted by Gasteiger charge is 2.04. The first-order valence-corrected chi connectivity index (χ1v) is 4.59. The first kappa shape index (κ1) is 9.61. The standard InChI is InChI=1S/C11H11N3O/c1-7-2-3-8-6-9(11(15)14-12)4-5-10(8)13-7/h2-6H,12H2,1H3,(H,14,15). The molecule has 1 aromatic carbocycles. The molecule has 1 amide bonds. The number of nitrogens with zero attached hydrogens (tertiary/aromatic N) is 1. The third-order valence-electron chi connectivity index (χ3n) is 2.22. The minimum Gasteiger partial charge on any atom is -0.290 e. The van der Waals surface area contributed by atoms with E-state index in [-0.39, 0.29) is 5.91 Å². The van der Waals surface area contributed by atoms with Gasteiger partial charge in [0.1, 0.15) is 0 Å². The summed E-state index contributed by atoms with van der Waals surface area (Å²) in [6.07, 6.45) is 0. The Hall–Kier alpha value is -1.94. The molecule has 1 aromatic heterocycles. The Kier molecular flexibility index (Phi) is 2.35. The lowest BCUT2D eigenvalue weighted by Crippen LogP contribution is -2.29. The van der Waals surface area contributed by atoms with E-state index >= 15 is 0 Å². The van der Waals surface area contributed by atoms with Gasteiger partial charge in [-0.2, -0.15) is 0 Å². The van der Waals surface area contributed by atoms with Crippen LogP contribution in [0.2, 0.25) is 0 Å². The Balaban J connectivity index is 2.57. The molecule has 0 radical (unpaired) electrons. The number of hydrogen-bond acceptors (Lipinski definition) is 3. The molecule has 0 atom stereocenters. The second-order valence-electron chi connectivity index (χ2n) is 3.33. The fourth-order valence-corrected chi connectivity index (χ4v) is 1.45. The van der Waals surface area contributed by atoms with Crippen LogP contribution in [0.4, 0.5) is 0 Å². The van der Waals surface area contributed by atoms with Gasteiger partial charge in [-0.1, -0.05) is 6.07 Å². The number of hydrazine groups is 1. The number of aromatic nitrogens is 1. The first-order chi connectivity index (χ1) is 7.20. The number of hydrogen-bond donors (Lipinski definition) is 2. The number of rotatable bonds is 1. The van der Waals surface area contributed by atoms with Gasteiger partial charge in [0, 0.05) is 16.6 Å². The predicted octanol–water partition coefficient (Wildman–Crippen LogP) is 1.15. The molecule has 0 saturated heterocycles. The Labute approximate surface area is 87.1 Å². The average Bonchev–Trinajstić information content (AvgIpc) is 2.27. The topological polar surface area (TPSA) is 68.0 Å². The molecule has 0 aliphatic heterocycles. The van der Waals surface area contributed by atoms with E-state index in [0.29, 0.717) is 5.56 Å². The zero-order valence-corrected chi connectivity index (χ0v) is 8.32. The van der Waals surface area contributed by atoms with E-state index in [1.54, 1.807) is 12.1 Å². The van der Waals surface area contributed by atoms with Crippen LogP contribution in [0.15, 0.2) is 30.3 Å². The molecular weight excluding hydrogens is 190 g/mol. The van der Waals surface area contributed by atoms with Crippen LogP contribution in [0.5, 0.6) is 0 Å². The van der Waals surface area contributed by atoms with Crippen molar-refractivity contribution in [3.63, 3.8) is 0 Å². The van der Waals surface area contributed by atoms with Crippen molar-refractivity contribution in [3.8, 4) is 0 Å². The van der Waals surface area contributed by atoms with E-state index in [9.17, 15) is 4.79 Å². The largest absolute Gasteiger partial charge is 0.290 e. The number of pyridine rings is 1. The highest BCUT2D eigenvalue weighted by Crippen LogP contribution is 2.14. The van der Waals surface area contributed by atoms with Crippen molar-refractivity contribution >= 4 is 16.8 Å². The van der Waals surface area contributed by atoms with E-state index in [1.165, 1.54) is 0 Å². The summed E-state index contributed by atoms with van der Waals surface area (Å²) < 4.78 is 0. The molecule has 2 aromatic rings. The number of nitrogens with one attached hydrogen (secondary N) is 1. The van der Waals surface area contributed by atoms with Gasteiger partial charge in [-0.05, 0) is 31.2 Å². The number of benzene rings is 1.